The first-order chi connectivity index (χ1) is 12.6. The second-order valence-electron chi connectivity index (χ2n) is 7.53. The van der Waals surface area contributed by atoms with Crippen LogP contribution in [0.2, 0.25) is 0 Å². The lowest BCUT2D eigenvalue weighted by atomic mass is 9.82. The quantitative estimate of drug-likeness (QED) is 0.826. The first-order valence-corrected chi connectivity index (χ1v) is 9.16. The third-order valence-electron chi connectivity index (χ3n) is 5.94. The molecule has 2 fully saturated rings. The first-order valence-electron chi connectivity index (χ1n) is 9.16. The summed E-state index contributed by atoms with van der Waals surface area (Å²) in [6.07, 6.45) is 0.250. The third kappa shape index (κ3) is 2.52. The van der Waals surface area contributed by atoms with E-state index in [1.165, 1.54) is 10.5 Å². The number of rotatable bonds is 4. The van der Waals surface area contributed by atoms with Crippen molar-refractivity contribution >= 4 is 12.0 Å². The maximum absolute atomic E-state index is 13.3. The summed E-state index contributed by atoms with van der Waals surface area (Å²) in [6, 6.07) is 19.5. The molecule has 0 unspecified atom stereocenters. The van der Waals surface area contributed by atoms with Crippen molar-refractivity contribution in [2.24, 2.45) is 11.8 Å². The summed E-state index contributed by atoms with van der Waals surface area (Å²) in [6.45, 7) is 4.52. The molecule has 1 saturated heterocycles. The van der Waals surface area contributed by atoms with Crippen molar-refractivity contribution in [1.82, 2.24) is 4.90 Å². The lowest BCUT2D eigenvalue weighted by molar-refractivity contribution is -0.131. The highest BCUT2D eigenvalue weighted by Gasteiger charge is 2.63. The topological polar surface area (TPSA) is 46.6 Å². The average Bonchev–Trinajstić information content (AvgIpc) is 3.33. The summed E-state index contributed by atoms with van der Waals surface area (Å²) in [4.78, 5) is 27.0. The Morgan fingerprint density at radius 3 is 2.31 bits per heavy atom. The molecule has 0 N–H and O–H groups in total. The van der Waals surface area contributed by atoms with Gasteiger partial charge in [0.1, 0.15) is 12.6 Å². The SMILES string of the molecule is CC(C)[C@@]1(c2ccccc2)C[C@H]1C(=O)N1C(=O)OC[C@@H]1c1ccccc1. The molecule has 1 saturated carbocycles. The van der Waals surface area contributed by atoms with Crippen LogP contribution in [-0.2, 0) is 14.9 Å². The van der Waals surface area contributed by atoms with E-state index < -0.39 is 6.09 Å². The van der Waals surface area contributed by atoms with Crippen LogP contribution in [0.4, 0.5) is 4.79 Å². The fourth-order valence-corrected chi connectivity index (χ4v) is 4.38. The van der Waals surface area contributed by atoms with E-state index in [0.717, 1.165) is 12.0 Å². The van der Waals surface area contributed by atoms with Crippen molar-refractivity contribution in [3.05, 3.63) is 71.8 Å². The lowest BCUT2D eigenvalue weighted by Crippen LogP contribution is -2.37. The van der Waals surface area contributed by atoms with E-state index >= 15 is 0 Å². The zero-order valence-corrected chi connectivity index (χ0v) is 15.1. The monoisotopic (exact) mass is 349 g/mol. The molecule has 2 amide bonds. The first kappa shape index (κ1) is 16.8. The van der Waals surface area contributed by atoms with E-state index in [9.17, 15) is 9.59 Å². The highest BCUT2D eigenvalue weighted by Crippen LogP contribution is 2.60. The minimum atomic E-state index is -0.526. The number of benzene rings is 2. The Kier molecular flexibility index (Phi) is 4.06. The number of carbonyl (C=O) groups is 2. The van der Waals surface area contributed by atoms with Gasteiger partial charge in [0, 0.05) is 11.3 Å². The van der Waals surface area contributed by atoms with Crippen LogP contribution in [0.1, 0.15) is 37.4 Å². The minimum absolute atomic E-state index is 0.112. The molecule has 1 aliphatic carbocycles. The maximum Gasteiger partial charge on any atom is 0.417 e. The highest BCUT2D eigenvalue weighted by molar-refractivity contribution is 5.97. The molecule has 134 valence electrons. The summed E-state index contributed by atoms with van der Waals surface area (Å²) in [5.74, 6) is 0.0216. The molecule has 2 aromatic carbocycles. The van der Waals surface area contributed by atoms with E-state index in [4.69, 9.17) is 4.74 Å². The van der Waals surface area contributed by atoms with Gasteiger partial charge in [-0.2, -0.15) is 0 Å². The van der Waals surface area contributed by atoms with Crippen LogP contribution in [0.15, 0.2) is 60.7 Å². The number of hydrogen-bond acceptors (Lipinski definition) is 3. The normalized spacial score (nSPS) is 27.5. The van der Waals surface area contributed by atoms with Gasteiger partial charge < -0.3 is 4.74 Å². The lowest BCUT2D eigenvalue weighted by Gasteiger charge is -2.25. The summed E-state index contributed by atoms with van der Waals surface area (Å²) in [5.41, 5.74) is 1.92. The fraction of sp³-hybridized carbons (Fsp3) is 0.364. The molecule has 0 spiro atoms. The second-order valence-corrected chi connectivity index (χ2v) is 7.53. The van der Waals surface area contributed by atoms with Crippen molar-refractivity contribution < 1.29 is 14.3 Å². The molecule has 0 aromatic heterocycles. The number of carbonyl (C=O) groups excluding carboxylic acids is 2. The molecule has 3 atom stereocenters. The van der Waals surface area contributed by atoms with Gasteiger partial charge in [-0.15, -0.1) is 0 Å². The summed E-state index contributed by atoms with van der Waals surface area (Å²) >= 11 is 0. The predicted molar refractivity (Wildman–Crippen MR) is 98.4 cm³/mol. The summed E-state index contributed by atoms with van der Waals surface area (Å²) in [7, 11) is 0. The van der Waals surface area contributed by atoms with Crippen LogP contribution in [0.3, 0.4) is 0 Å². The highest BCUT2D eigenvalue weighted by atomic mass is 16.6. The Balaban J connectivity index is 1.64. The standard InChI is InChI=1S/C22H23NO3/c1-15(2)22(17-11-7-4-8-12-17)13-18(22)20(24)23-19(14-26-21(23)25)16-9-5-3-6-10-16/h3-12,15,18-19H,13-14H2,1-2H3/t18-,19+,22+/m0/s1. The third-order valence-corrected chi connectivity index (χ3v) is 5.94. The molecule has 0 radical (unpaired) electrons. The Labute approximate surface area is 153 Å². The molecule has 1 heterocycles. The van der Waals surface area contributed by atoms with E-state index in [0.29, 0.717) is 5.92 Å². The van der Waals surface area contributed by atoms with Crippen LogP contribution in [-0.4, -0.2) is 23.5 Å². The average molecular weight is 349 g/mol. The van der Waals surface area contributed by atoms with Gasteiger partial charge in [0.05, 0.1) is 0 Å². The van der Waals surface area contributed by atoms with Gasteiger partial charge in [-0.3, -0.25) is 4.79 Å². The number of cyclic esters (lactones) is 1. The smallest absolute Gasteiger partial charge is 0.417 e. The van der Waals surface area contributed by atoms with Crippen molar-refractivity contribution in [3.8, 4) is 0 Å². The molecule has 1 aliphatic heterocycles. The number of amides is 2. The molecule has 4 nitrogen and oxygen atoms in total. The van der Waals surface area contributed by atoms with Gasteiger partial charge in [0.15, 0.2) is 0 Å². The minimum Gasteiger partial charge on any atom is -0.446 e. The van der Waals surface area contributed by atoms with Crippen molar-refractivity contribution in [1.29, 1.82) is 0 Å². The van der Waals surface area contributed by atoms with E-state index in [2.05, 4.69) is 26.0 Å². The van der Waals surface area contributed by atoms with E-state index in [-0.39, 0.29) is 29.9 Å². The molecule has 4 rings (SSSR count). The Hall–Kier alpha value is -2.62. The summed E-state index contributed by atoms with van der Waals surface area (Å²) < 4.78 is 5.23. The van der Waals surface area contributed by atoms with Crippen molar-refractivity contribution in [3.63, 3.8) is 0 Å². The molecule has 2 aliphatic rings. The molecule has 4 heteroatoms. The number of imide groups is 1. The Morgan fingerprint density at radius 2 is 1.69 bits per heavy atom. The van der Waals surface area contributed by atoms with Crippen LogP contribution in [0.25, 0.3) is 0 Å². The molecule has 26 heavy (non-hydrogen) atoms. The van der Waals surface area contributed by atoms with Crippen molar-refractivity contribution in [2.45, 2.75) is 31.7 Å². The van der Waals surface area contributed by atoms with Crippen LogP contribution in [0, 0.1) is 11.8 Å². The second kappa shape index (κ2) is 6.27. The largest absolute Gasteiger partial charge is 0.446 e. The number of ether oxygens (including phenoxy) is 1. The molecule has 0 bridgehead atoms. The number of nitrogens with zero attached hydrogens (tertiary/aromatic N) is 1. The zero-order chi connectivity index (χ0) is 18.3. The van der Waals surface area contributed by atoms with E-state index in [1.54, 1.807) is 0 Å². The Morgan fingerprint density at radius 1 is 1.08 bits per heavy atom. The summed E-state index contributed by atoms with van der Waals surface area (Å²) in [5, 5.41) is 0. The predicted octanol–water partition coefficient (Wildman–Crippen LogP) is 4.32. The molecular weight excluding hydrogens is 326 g/mol. The Bertz CT molecular complexity index is 818. The van der Waals surface area contributed by atoms with Gasteiger partial charge in [-0.1, -0.05) is 74.5 Å². The van der Waals surface area contributed by atoms with Crippen LogP contribution in [0.5, 0.6) is 0 Å². The van der Waals surface area contributed by atoms with Gasteiger partial charge in [0.2, 0.25) is 5.91 Å². The van der Waals surface area contributed by atoms with Crippen LogP contribution >= 0.6 is 0 Å². The molecular formula is C22H23NO3. The van der Waals surface area contributed by atoms with E-state index in [1.807, 2.05) is 48.5 Å². The maximum atomic E-state index is 13.3. The zero-order valence-electron chi connectivity index (χ0n) is 15.1. The van der Waals surface area contributed by atoms with Gasteiger partial charge >= 0.3 is 6.09 Å². The van der Waals surface area contributed by atoms with Crippen LogP contribution < -0.4 is 0 Å². The number of hydrogen-bond donors (Lipinski definition) is 0. The fourth-order valence-electron chi connectivity index (χ4n) is 4.38. The van der Waals surface area contributed by atoms with Gasteiger partial charge in [-0.05, 0) is 23.5 Å². The van der Waals surface area contributed by atoms with Gasteiger partial charge in [-0.25, -0.2) is 9.69 Å². The van der Waals surface area contributed by atoms with Crippen molar-refractivity contribution in [2.75, 3.05) is 6.61 Å². The molecule has 2 aromatic rings. The van der Waals surface area contributed by atoms with Gasteiger partial charge in [0.25, 0.3) is 0 Å².